The molecule has 4 heteroatoms. The minimum atomic E-state index is -0.621. The first-order valence-corrected chi connectivity index (χ1v) is 8.43. The van der Waals surface area contributed by atoms with Crippen LogP contribution in [-0.2, 0) is 0 Å². The number of benzene rings is 2. The van der Waals surface area contributed by atoms with Gasteiger partial charge in [-0.05, 0) is 50.2 Å². The second kappa shape index (κ2) is 8.71. The average molecular weight is 329 g/mol. The van der Waals surface area contributed by atoms with E-state index in [1.807, 2.05) is 37.3 Å². The minimum absolute atomic E-state index is 0.0612. The fourth-order valence-electron chi connectivity index (χ4n) is 2.96. The number of nitrogens with zero attached hydrogens (tertiary/aromatic N) is 1. The number of likely N-dealkylation sites (N-methyl/N-ethyl adjacent to an activating group) is 1. The maximum Gasteiger partial charge on any atom is 0.119 e. The lowest BCUT2D eigenvalue weighted by molar-refractivity contribution is 0.0264. The summed E-state index contributed by atoms with van der Waals surface area (Å²) >= 11 is 0. The van der Waals surface area contributed by atoms with E-state index in [0.717, 1.165) is 17.9 Å². The Morgan fingerprint density at radius 2 is 1.62 bits per heavy atom. The van der Waals surface area contributed by atoms with E-state index in [1.165, 1.54) is 0 Å². The van der Waals surface area contributed by atoms with Gasteiger partial charge in [-0.2, -0.15) is 0 Å². The zero-order valence-electron chi connectivity index (χ0n) is 14.6. The lowest BCUT2D eigenvalue weighted by Gasteiger charge is -2.36. The topological polar surface area (TPSA) is 52.9 Å². The van der Waals surface area contributed by atoms with E-state index < -0.39 is 6.10 Å². The van der Waals surface area contributed by atoms with E-state index in [1.54, 1.807) is 24.3 Å². The van der Waals surface area contributed by atoms with Crippen LogP contribution in [0.2, 0.25) is 0 Å². The van der Waals surface area contributed by atoms with Crippen molar-refractivity contribution >= 4 is 0 Å². The quantitative estimate of drug-likeness (QED) is 0.777. The Balaban J connectivity index is 1.98. The first-order valence-electron chi connectivity index (χ1n) is 8.43. The van der Waals surface area contributed by atoms with Crippen LogP contribution in [0.4, 0.5) is 0 Å². The van der Waals surface area contributed by atoms with Crippen molar-refractivity contribution in [1.29, 1.82) is 0 Å². The highest BCUT2D eigenvalue weighted by atomic mass is 16.5. The van der Waals surface area contributed by atoms with Crippen LogP contribution >= 0.6 is 0 Å². The van der Waals surface area contributed by atoms with Crippen molar-refractivity contribution in [2.24, 2.45) is 0 Å². The summed E-state index contributed by atoms with van der Waals surface area (Å²) in [5.41, 5.74) is 0.801. The summed E-state index contributed by atoms with van der Waals surface area (Å²) in [6.07, 6.45) is -0.621. The summed E-state index contributed by atoms with van der Waals surface area (Å²) in [7, 11) is 0. The van der Waals surface area contributed by atoms with Gasteiger partial charge in [-0.3, -0.25) is 4.90 Å². The van der Waals surface area contributed by atoms with Crippen LogP contribution in [0.5, 0.6) is 11.5 Å². The number of rotatable bonds is 8. The molecule has 0 saturated heterocycles. The molecule has 0 saturated carbocycles. The fraction of sp³-hybridized carbons (Fsp3) is 0.400. The van der Waals surface area contributed by atoms with Gasteiger partial charge in [0.1, 0.15) is 18.1 Å². The first-order chi connectivity index (χ1) is 11.5. The third kappa shape index (κ3) is 4.73. The van der Waals surface area contributed by atoms with Crippen molar-refractivity contribution < 1.29 is 14.9 Å². The summed E-state index contributed by atoms with van der Waals surface area (Å²) in [6, 6.07) is 16.6. The summed E-state index contributed by atoms with van der Waals surface area (Å²) in [6.45, 7) is 7.58. The molecule has 24 heavy (non-hydrogen) atoms. The monoisotopic (exact) mass is 329 g/mol. The molecule has 2 aromatic rings. The molecule has 130 valence electrons. The molecule has 0 aliphatic rings. The second-order valence-electron chi connectivity index (χ2n) is 6.08. The molecule has 0 aromatic heterocycles. The Bertz CT molecular complexity index is 600. The van der Waals surface area contributed by atoms with Gasteiger partial charge in [-0.25, -0.2) is 0 Å². The van der Waals surface area contributed by atoms with E-state index >= 15 is 0 Å². The predicted molar refractivity (Wildman–Crippen MR) is 96.3 cm³/mol. The van der Waals surface area contributed by atoms with Crippen LogP contribution in [0.15, 0.2) is 54.6 Å². The van der Waals surface area contributed by atoms with Crippen LogP contribution in [0.25, 0.3) is 0 Å². The molecule has 3 atom stereocenters. The maximum atomic E-state index is 10.7. The zero-order chi connectivity index (χ0) is 17.5. The van der Waals surface area contributed by atoms with Crippen LogP contribution in [0, 0.1) is 0 Å². The highest BCUT2D eigenvalue weighted by Crippen LogP contribution is 2.24. The van der Waals surface area contributed by atoms with Gasteiger partial charge in [0.25, 0.3) is 0 Å². The van der Waals surface area contributed by atoms with Gasteiger partial charge in [0, 0.05) is 12.1 Å². The first kappa shape index (κ1) is 18.3. The van der Waals surface area contributed by atoms with Gasteiger partial charge in [-0.1, -0.05) is 37.3 Å². The van der Waals surface area contributed by atoms with Crippen LogP contribution < -0.4 is 4.74 Å². The number of aliphatic hydroxyl groups excluding tert-OH is 1. The van der Waals surface area contributed by atoms with Crippen LogP contribution in [0.1, 0.15) is 32.4 Å². The van der Waals surface area contributed by atoms with Gasteiger partial charge < -0.3 is 14.9 Å². The number of hydrogen-bond acceptors (Lipinski definition) is 4. The fourth-order valence-corrected chi connectivity index (χ4v) is 2.96. The van der Waals surface area contributed by atoms with Gasteiger partial charge in [-0.15, -0.1) is 0 Å². The van der Waals surface area contributed by atoms with E-state index in [2.05, 4.69) is 18.7 Å². The molecule has 0 amide bonds. The number of hydrogen-bond donors (Lipinski definition) is 2. The highest BCUT2D eigenvalue weighted by molar-refractivity contribution is 5.28. The molecule has 0 heterocycles. The number of aromatic hydroxyl groups is 1. The molecule has 0 aliphatic heterocycles. The Morgan fingerprint density at radius 3 is 2.21 bits per heavy atom. The third-order valence-corrected chi connectivity index (χ3v) is 4.38. The van der Waals surface area contributed by atoms with Crippen molar-refractivity contribution in [3.05, 3.63) is 60.2 Å². The Hall–Kier alpha value is -2.04. The number of aliphatic hydroxyl groups is 1. The van der Waals surface area contributed by atoms with Crippen molar-refractivity contribution in [2.45, 2.75) is 39.0 Å². The summed E-state index contributed by atoms with van der Waals surface area (Å²) in [4.78, 5) is 2.22. The lowest BCUT2D eigenvalue weighted by Crippen LogP contribution is -2.45. The summed E-state index contributed by atoms with van der Waals surface area (Å²) in [5.74, 6) is 1.06. The van der Waals surface area contributed by atoms with Crippen LogP contribution in [0.3, 0.4) is 0 Å². The second-order valence-corrected chi connectivity index (χ2v) is 6.08. The van der Waals surface area contributed by atoms with Gasteiger partial charge in [0.15, 0.2) is 0 Å². The Morgan fingerprint density at radius 1 is 1.00 bits per heavy atom. The molecule has 2 N–H and O–H groups in total. The van der Waals surface area contributed by atoms with Gasteiger partial charge >= 0.3 is 0 Å². The normalized spacial score (nSPS) is 15.0. The van der Waals surface area contributed by atoms with E-state index in [-0.39, 0.29) is 17.8 Å². The minimum Gasteiger partial charge on any atom is -0.508 e. The number of phenols is 1. The molecule has 0 spiro atoms. The van der Waals surface area contributed by atoms with Crippen molar-refractivity contribution in [1.82, 2.24) is 4.90 Å². The number of phenolic OH excluding ortho intramolecular Hbond substituents is 1. The zero-order valence-corrected chi connectivity index (χ0v) is 14.6. The lowest BCUT2D eigenvalue weighted by atomic mass is 10.0. The maximum absolute atomic E-state index is 10.7. The standard InChI is InChI=1S/C20H27NO3/c1-4-21(15(2)14-24-19-8-6-5-7-9-19)16(3)20(23)17-10-12-18(22)13-11-17/h5-13,15-16,20,22-23H,4,14H2,1-3H3. The van der Waals surface area contributed by atoms with E-state index in [4.69, 9.17) is 4.74 Å². The SMILES string of the molecule is CCN(C(C)COc1ccccc1)C(C)C(O)c1ccc(O)cc1. The van der Waals surface area contributed by atoms with E-state index in [0.29, 0.717) is 6.61 Å². The molecule has 3 unspecified atom stereocenters. The largest absolute Gasteiger partial charge is 0.508 e. The van der Waals surface area contributed by atoms with Gasteiger partial charge in [0.05, 0.1) is 6.10 Å². The predicted octanol–water partition coefficient (Wildman–Crippen LogP) is 3.60. The smallest absolute Gasteiger partial charge is 0.119 e. The Labute approximate surface area is 144 Å². The highest BCUT2D eigenvalue weighted by Gasteiger charge is 2.26. The molecule has 4 nitrogen and oxygen atoms in total. The average Bonchev–Trinajstić information content (AvgIpc) is 2.61. The Kier molecular flexibility index (Phi) is 6.64. The van der Waals surface area contributed by atoms with Crippen molar-refractivity contribution in [2.75, 3.05) is 13.2 Å². The number of para-hydroxylation sites is 1. The van der Waals surface area contributed by atoms with Crippen LogP contribution in [-0.4, -0.2) is 40.3 Å². The molecular formula is C20H27NO3. The molecule has 0 bridgehead atoms. The van der Waals surface area contributed by atoms with E-state index in [9.17, 15) is 10.2 Å². The van der Waals surface area contributed by atoms with Gasteiger partial charge in [0.2, 0.25) is 0 Å². The summed E-state index contributed by atoms with van der Waals surface area (Å²) in [5, 5.41) is 20.0. The molecule has 0 fully saturated rings. The molecular weight excluding hydrogens is 302 g/mol. The number of ether oxygens (including phenoxy) is 1. The van der Waals surface area contributed by atoms with Crippen molar-refractivity contribution in [3.8, 4) is 11.5 Å². The summed E-state index contributed by atoms with van der Waals surface area (Å²) < 4.78 is 5.85. The third-order valence-electron chi connectivity index (χ3n) is 4.38. The molecule has 0 aliphatic carbocycles. The van der Waals surface area contributed by atoms with Crippen molar-refractivity contribution in [3.63, 3.8) is 0 Å². The molecule has 0 radical (unpaired) electrons. The molecule has 2 aromatic carbocycles. The molecule has 2 rings (SSSR count).